The smallest absolute Gasteiger partial charge is 0.278 e. The molecule has 1 aliphatic rings. The molecular formula is C19H22Cl2N6O2. The average Bonchev–Trinajstić information content (AvgIpc) is 3.08. The van der Waals surface area contributed by atoms with E-state index in [0.29, 0.717) is 40.8 Å². The Bertz CT molecular complexity index is 1180. The zero-order chi connectivity index (χ0) is 23.1. The van der Waals surface area contributed by atoms with Crippen molar-refractivity contribution in [3.05, 3.63) is 50.5 Å². The van der Waals surface area contributed by atoms with Crippen molar-refractivity contribution in [2.24, 2.45) is 0 Å². The van der Waals surface area contributed by atoms with Gasteiger partial charge >= 0.3 is 0 Å². The number of nitrogens with one attached hydrogen (secondary N) is 2. The summed E-state index contributed by atoms with van der Waals surface area (Å²) in [5.74, 6) is 0.283. The molecule has 1 aromatic carbocycles. The van der Waals surface area contributed by atoms with Crippen molar-refractivity contribution < 1.29 is 8.85 Å². The van der Waals surface area contributed by atoms with Gasteiger partial charge in [-0.05, 0) is 24.6 Å². The molecule has 8 nitrogen and oxygen atoms in total. The van der Waals surface area contributed by atoms with Crippen LogP contribution in [0.15, 0.2) is 29.3 Å². The molecule has 4 rings (SSSR count). The Balaban J connectivity index is 1.46. The van der Waals surface area contributed by atoms with E-state index < -0.39 is 12.6 Å². The van der Waals surface area contributed by atoms with Crippen LogP contribution in [0.4, 0.5) is 5.95 Å². The number of hydrogen-bond donors (Lipinski definition) is 2. The second-order valence-corrected chi connectivity index (χ2v) is 7.60. The second-order valence-electron chi connectivity index (χ2n) is 6.79. The predicted octanol–water partition coefficient (Wildman–Crippen LogP) is 2.76. The van der Waals surface area contributed by atoms with Crippen LogP contribution in [0.3, 0.4) is 0 Å². The zero-order valence-corrected chi connectivity index (χ0v) is 17.2. The molecule has 0 bridgehead atoms. The first kappa shape index (κ1) is 16.6. The Kier molecular flexibility index (Phi) is 5.00. The number of aromatic amines is 1. The van der Waals surface area contributed by atoms with Gasteiger partial charge in [-0.3, -0.25) is 14.7 Å². The van der Waals surface area contributed by atoms with Gasteiger partial charge in [0.15, 0.2) is 11.2 Å². The minimum Gasteiger partial charge on any atom is -0.376 e. The lowest BCUT2D eigenvalue weighted by Crippen LogP contribution is -2.42. The molecule has 3 aromatic rings. The molecule has 1 fully saturated rings. The summed E-state index contributed by atoms with van der Waals surface area (Å²) in [6.45, 7) is 1.15. The Morgan fingerprint density at radius 1 is 1.41 bits per heavy atom. The SMILES string of the molecule is [2H]C1([2H])CN(CCn2cnc3nc(NCc4ccc(Cl)c(Cl)c4)[nH]c(=O)c32)CC([2H])(C)O1. The Hall–Kier alpha value is -2.13. The highest BCUT2D eigenvalue weighted by atomic mass is 35.5. The molecule has 2 N–H and O–H groups in total. The number of H-pyrrole nitrogens is 1. The van der Waals surface area contributed by atoms with Crippen LogP contribution >= 0.6 is 23.2 Å². The zero-order valence-electron chi connectivity index (χ0n) is 18.7. The fourth-order valence-corrected chi connectivity index (χ4v) is 3.45. The van der Waals surface area contributed by atoms with E-state index in [2.05, 4.69) is 20.3 Å². The van der Waals surface area contributed by atoms with Crippen molar-refractivity contribution in [3.8, 4) is 0 Å². The van der Waals surface area contributed by atoms with E-state index in [0.717, 1.165) is 5.56 Å². The number of nitrogens with zero attached hydrogens (tertiary/aromatic N) is 4. The third kappa shape index (κ3) is 4.72. The van der Waals surface area contributed by atoms with E-state index in [9.17, 15) is 4.79 Å². The van der Waals surface area contributed by atoms with Gasteiger partial charge in [-0.2, -0.15) is 4.98 Å². The van der Waals surface area contributed by atoms with Crippen molar-refractivity contribution in [3.63, 3.8) is 0 Å². The molecule has 2 aromatic heterocycles. The van der Waals surface area contributed by atoms with Gasteiger partial charge in [-0.25, -0.2) is 4.98 Å². The minimum atomic E-state index is -1.90. The first-order valence-corrected chi connectivity index (χ1v) is 9.82. The monoisotopic (exact) mass is 439 g/mol. The van der Waals surface area contributed by atoms with Gasteiger partial charge in [0, 0.05) is 32.7 Å². The number of hydrogen-bond acceptors (Lipinski definition) is 6. The van der Waals surface area contributed by atoms with Crippen LogP contribution in [0.1, 0.15) is 16.6 Å². The van der Waals surface area contributed by atoms with Gasteiger partial charge in [0.05, 0.1) is 33.1 Å². The van der Waals surface area contributed by atoms with Crippen molar-refractivity contribution in [2.45, 2.75) is 26.1 Å². The molecule has 1 saturated heterocycles. The lowest BCUT2D eigenvalue weighted by molar-refractivity contribution is -0.0190. The fourth-order valence-electron chi connectivity index (χ4n) is 3.13. The third-order valence-electron chi connectivity index (χ3n) is 4.57. The molecule has 1 unspecified atom stereocenters. The molecule has 154 valence electrons. The molecule has 0 saturated carbocycles. The van der Waals surface area contributed by atoms with Crippen LogP contribution in [0.5, 0.6) is 0 Å². The van der Waals surface area contributed by atoms with Crippen LogP contribution in [0, 0.1) is 0 Å². The molecule has 0 amide bonds. The van der Waals surface area contributed by atoms with Crippen molar-refractivity contribution >= 4 is 40.3 Å². The Morgan fingerprint density at radius 3 is 3.07 bits per heavy atom. The van der Waals surface area contributed by atoms with Gasteiger partial charge in [0.1, 0.15) is 0 Å². The lowest BCUT2D eigenvalue weighted by atomic mass is 10.2. The normalized spacial score (nSPS) is 23.5. The van der Waals surface area contributed by atoms with Gasteiger partial charge in [-0.1, -0.05) is 29.3 Å². The van der Waals surface area contributed by atoms with Gasteiger partial charge < -0.3 is 14.6 Å². The van der Waals surface area contributed by atoms with Gasteiger partial charge in [0.25, 0.3) is 5.56 Å². The predicted molar refractivity (Wildman–Crippen MR) is 114 cm³/mol. The Labute approximate surface area is 182 Å². The highest BCUT2D eigenvalue weighted by Gasteiger charge is 2.17. The lowest BCUT2D eigenvalue weighted by Gasteiger charge is -2.31. The highest BCUT2D eigenvalue weighted by molar-refractivity contribution is 6.42. The Morgan fingerprint density at radius 2 is 2.28 bits per heavy atom. The topological polar surface area (TPSA) is 88.1 Å². The van der Waals surface area contributed by atoms with Crippen molar-refractivity contribution in [1.29, 1.82) is 0 Å². The summed E-state index contributed by atoms with van der Waals surface area (Å²) in [5, 5.41) is 3.96. The average molecular weight is 440 g/mol. The largest absolute Gasteiger partial charge is 0.376 e. The number of benzene rings is 1. The number of ether oxygens (including phenoxy) is 1. The number of anilines is 1. The van der Waals surface area contributed by atoms with Crippen LogP contribution in [0.25, 0.3) is 11.2 Å². The van der Waals surface area contributed by atoms with E-state index >= 15 is 0 Å². The number of rotatable bonds is 6. The molecule has 3 heterocycles. The van der Waals surface area contributed by atoms with Gasteiger partial charge in [-0.15, -0.1) is 0 Å². The summed E-state index contributed by atoms with van der Waals surface area (Å²) in [6.07, 6.45) is 0.192. The number of morpholine rings is 1. The van der Waals surface area contributed by atoms with Crippen molar-refractivity contribution in [2.75, 3.05) is 31.5 Å². The quantitative estimate of drug-likeness (QED) is 0.613. The standard InChI is InChI=1S/C19H22Cl2N6O2/c1-12-10-26(6-7-29-12)4-5-27-11-23-17-16(27)18(28)25-19(24-17)22-9-13-2-3-14(20)15(21)8-13/h2-3,8,11-12H,4-7,9-10H2,1H3,(H2,22,24,25,28)/i7D2,12D. The summed E-state index contributed by atoms with van der Waals surface area (Å²) < 4.78 is 30.6. The van der Waals surface area contributed by atoms with E-state index in [1.54, 1.807) is 21.6 Å². The molecule has 29 heavy (non-hydrogen) atoms. The maximum Gasteiger partial charge on any atom is 0.278 e. The number of aromatic nitrogens is 4. The summed E-state index contributed by atoms with van der Waals surface area (Å²) in [6, 6.07) is 5.26. The first-order valence-electron chi connectivity index (χ1n) is 10.6. The van der Waals surface area contributed by atoms with E-state index in [1.807, 2.05) is 6.07 Å². The number of fused-ring (bicyclic) bond motifs is 1. The summed E-state index contributed by atoms with van der Waals surface area (Å²) >= 11 is 12.0. The maximum atomic E-state index is 12.7. The number of imidazole rings is 1. The molecule has 0 radical (unpaired) electrons. The molecule has 10 heteroatoms. The summed E-state index contributed by atoms with van der Waals surface area (Å²) in [4.78, 5) is 25.8. The molecule has 0 aliphatic carbocycles. The highest BCUT2D eigenvalue weighted by Crippen LogP contribution is 2.22. The molecule has 1 atom stereocenters. The van der Waals surface area contributed by atoms with Crippen LogP contribution in [0.2, 0.25) is 10.0 Å². The summed E-state index contributed by atoms with van der Waals surface area (Å²) in [7, 11) is 0. The molecular weight excluding hydrogens is 415 g/mol. The minimum absolute atomic E-state index is 0.0471. The summed E-state index contributed by atoms with van der Waals surface area (Å²) in [5.41, 5.74) is 1.16. The van der Waals surface area contributed by atoms with Crippen molar-refractivity contribution in [1.82, 2.24) is 24.4 Å². The third-order valence-corrected chi connectivity index (χ3v) is 5.30. The molecule has 1 aliphatic heterocycles. The van der Waals surface area contributed by atoms with Crippen LogP contribution < -0.4 is 10.9 Å². The van der Waals surface area contributed by atoms with E-state index in [-0.39, 0.29) is 24.6 Å². The number of halogens is 2. The van der Waals surface area contributed by atoms with E-state index in [1.165, 1.54) is 13.3 Å². The van der Waals surface area contributed by atoms with E-state index in [4.69, 9.17) is 32.1 Å². The van der Waals surface area contributed by atoms with Gasteiger partial charge in [0.2, 0.25) is 5.95 Å². The molecule has 0 spiro atoms. The second kappa shape index (κ2) is 8.71. The fraction of sp³-hybridized carbons (Fsp3) is 0.421. The maximum absolute atomic E-state index is 12.7. The van der Waals surface area contributed by atoms with Crippen LogP contribution in [-0.4, -0.2) is 56.7 Å². The van der Waals surface area contributed by atoms with Crippen LogP contribution in [-0.2, 0) is 17.8 Å². The first-order chi connectivity index (χ1) is 15.0.